The highest BCUT2D eigenvalue weighted by Crippen LogP contribution is 2.11. The van der Waals surface area contributed by atoms with Gasteiger partial charge in [-0.05, 0) is 30.7 Å². The number of nitrogens with zero attached hydrogens (tertiary/aromatic N) is 3. The van der Waals surface area contributed by atoms with Gasteiger partial charge in [-0.3, -0.25) is 0 Å². The molecule has 18 heavy (non-hydrogen) atoms. The van der Waals surface area contributed by atoms with Crippen LogP contribution in [0.25, 0.3) is 11.0 Å². The maximum atomic E-state index is 4.42. The van der Waals surface area contributed by atoms with Crippen molar-refractivity contribution in [3.8, 4) is 0 Å². The number of benzene rings is 1. The normalized spacial score (nSPS) is 11.4. The first-order chi connectivity index (χ1) is 8.83. The first-order valence-electron chi connectivity index (χ1n) is 5.86. The summed E-state index contributed by atoms with van der Waals surface area (Å²) in [6.07, 6.45) is 5.54. The number of aryl methyl sites for hydroxylation is 1. The molecule has 2 heterocycles. The fourth-order valence-corrected chi connectivity index (χ4v) is 1.83. The third-order valence-electron chi connectivity index (χ3n) is 2.84. The second-order valence-electron chi connectivity index (χ2n) is 4.23. The van der Waals surface area contributed by atoms with Gasteiger partial charge < -0.3 is 0 Å². The summed E-state index contributed by atoms with van der Waals surface area (Å²) in [4.78, 5) is 4.32. The molecule has 0 saturated carbocycles. The molecule has 1 aromatic carbocycles. The third kappa shape index (κ3) is 2.02. The van der Waals surface area contributed by atoms with Crippen LogP contribution in [0.15, 0.2) is 60.0 Å². The zero-order valence-electron chi connectivity index (χ0n) is 10.1. The Labute approximate surface area is 105 Å². The van der Waals surface area contributed by atoms with Gasteiger partial charge in [-0.1, -0.05) is 29.8 Å². The Morgan fingerprint density at radius 2 is 1.94 bits per heavy atom. The highest BCUT2D eigenvalue weighted by atomic mass is 15.4. The van der Waals surface area contributed by atoms with Crippen molar-refractivity contribution < 1.29 is 0 Å². The number of aromatic nitrogens is 2. The molecule has 3 aromatic rings. The zero-order valence-corrected chi connectivity index (χ0v) is 10.1. The Morgan fingerprint density at radius 3 is 2.78 bits per heavy atom. The molecule has 3 heteroatoms. The maximum absolute atomic E-state index is 4.42. The van der Waals surface area contributed by atoms with Crippen molar-refractivity contribution in [1.82, 2.24) is 9.66 Å². The Hall–Kier alpha value is -2.42. The Morgan fingerprint density at radius 1 is 1.11 bits per heavy atom. The molecule has 0 spiro atoms. The molecule has 0 aliphatic rings. The number of fused-ring (bicyclic) bond motifs is 1. The largest absolute Gasteiger partial charge is 0.237 e. The van der Waals surface area contributed by atoms with Crippen LogP contribution in [0.4, 0.5) is 0 Å². The second-order valence-corrected chi connectivity index (χ2v) is 4.23. The van der Waals surface area contributed by atoms with Crippen molar-refractivity contribution >= 4 is 17.2 Å². The van der Waals surface area contributed by atoms with Gasteiger partial charge in [0.1, 0.15) is 0 Å². The molecule has 0 aliphatic carbocycles. The molecule has 88 valence electrons. The first kappa shape index (κ1) is 10.7. The average molecular weight is 235 g/mol. The predicted molar refractivity (Wildman–Crippen MR) is 73.9 cm³/mol. The molecule has 2 aromatic heterocycles. The minimum absolute atomic E-state index is 0.876. The van der Waals surface area contributed by atoms with E-state index in [1.54, 1.807) is 10.9 Å². The summed E-state index contributed by atoms with van der Waals surface area (Å²) in [7, 11) is 0. The molecule has 0 amide bonds. The highest BCUT2D eigenvalue weighted by molar-refractivity contribution is 5.81. The molecule has 0 saturated heterocycles. The van der Waals surface area contributed by atoms with Crippen LogP contribution >= 0.6 is 0 Å². The van der Waals surface area contributed by atoms with Crippen molar-refractivity contribution in [2.24, 2.45) is 5.10 Å². The number of hydrogen-bond donors (Lipinski definition) is 0. The lowest BCUT2D eigenvalue weighted by Crippen LogP contribution is -1.90. The Balaban J connectivity index is 1.94. The summed E-state index contributed by atoms with van der Waals surface area (Å²) in [5.74, 6) is 0. The number of hydrogen-bond acceptors (Lipinski definition) is 2. The summed E-state index contributed by atoms with van der Waals surface area (Å²) in [6.45, 7) is 2.07. The third-order valence-corrected chi connectivity index (χ3v) is 2.84. The van der Waals surface area contributed by atoms with Crippen molar-refractivity contribution in [3.63, 3.8) is 0 Å². The van der Waals surface area contributed by atoms with Gasteiger partial charge in [0.25, 0.3) is 0 Å². The standard InChI is InChI=1S/C15H13N3/c1-12-4-6-13(7-5-12)11-17-18-10-8-14-3-2-9-16-15(14)18/h2-11H,1H3. The fraction of sp³-hybridized carbons (Fsp3) is 0.0667. The monoisotopic (exact) mass is 235 g/mol. The van der Waals surface area contributed by atoms with Crippen LogP contribution in [0, 0.1) is 6.92 Å². The summed E-state index contributed by atoms with van der Waals surface area (Å²) in [5.41, 5.74) is 3.21. The average Bonchev–Trinajstić information content (AvgIpc) is 2.82. The van der Waals surface area contributed by atoms with Crippen LogP contribution in [-0.2, 0) is 0 Å². The van der Waals surface area contributed by atoms with E-state index in [9.17, 15) is 0 Å². The van der Waals surface area contributed by atoms with Gasteiger partial charge in [0, 0.05) is 17.8 Å². The molecule has 0 N–H and O–H groups in total. The zero-order chi connectivity index (χ0) is 12.4. The van der Waals surface area contributed by atoms with Crippen LogP contribution in [0.2, 0.25) is 0 Å². The minimum atomic E-state index is 0.876. The lowest BCUT2D eigenvalue weighted by molar-refractivity contribution is 0.915. The lowest BCUT2D eigenvalue weighted by Gasteiger charge is -1.97. The molecule has 0 fully saturated rings. The summed E-state index contributed by atoms with van der Waals surface area (Å²) in [5, 5.41) is 5.52. The molecular formula is C15H13N3. The SMILES string of the molecule is Cc1ccc(C=Nn2ccc3cccnc32)cc1. The predicted octanol–water partition coefficient (Wildman–Crippen LogP) is 3.23. The van der Waals surface area contributed by atoms with E-state index < -0.39 is 0 Å². The quantitative estimate of drug-likeness (QED) is 0.627. The molecule has 0 radical (unpaired) electrons. The summed E-state index contributed by atoms with van der Waals surface area (Å²) < 4.78 is 1.79. The van der Waals surface area contributed by atoms with Crippen molar-refractivity contribution in [2.75, 3.05) is 0 Å². The number of rotatable bonds is 2. The minimum Gasteiger partial charge on any atom is -0.237 e. The topological polar surface area (TPSA) is 30.2 Å². The number of pyridine rings is 1. The molecule has 0 bridgehead atoms. The van der Waals surface area contributed by atoms with Crippen LogP contribution < -0.4 is 0 Å². The molecule has 0 unspecified atom stereocenters. The molecular weight excluding hydrogens is 222 g/mol. The second kappa shape index (κ2) is 4.45. The Bertz CT molecular complexity index is 693. The van der Waals surface area contributed by atoms with Gasteiger partial charge in [-0.15, -0.1) is 0 Å². The molecule has 3 rings (SSSR count). The smallest absolute Gasteiger partial charge is 0.160 e. The van der Waals surface area contributed by atoms with Gasteiger partial charge in [-0.2, -0.15) is 5.10 Å². The van der Waals surface area contributed by atoms with Crippen LogP contribution in [0.1, 0.15) is 11.1 Å². The van der Waals surface area contributed by atoms with Crippen LogP contribution in [-0.4, -0.2) is 15.9 Å². The van der Waals surface area contributed by atoms with E-state index in [1.807, 2.05) is 30.6 Å². The Kier molecular flexibility index (Phi) is 2.65. The van der Waals surface area contributed by atoms with Gasteiger partial charge in [0.15, 0.2) is 5.65 Å². The van der Waals surface area contributed by atoms with E-state index in [0.717, 1.165) is 16.6 Å². The van der Waals surface area contributed by atoms with Crippen molar-refractivity contribution in [2.45, 2.75) is 6.92 Å². The summed E-state index contributed by atoms with van der Waals surface area (Å²) in [6, 6.07) is 14.2. The molecule has 3 nitrogen and oxygen atoms in total. The van der Waals surface area contributed by atoms with E-state index in [2.05, 4.69) is 41.3 Å². The maximum Gasteiger partial charge on any atom is 0.160 e. The van der Waals surface area contributed by atoms with E-state index in [1.165, 1.54) is 5.56 Å². The highest BCUT2D eigenvalue weighted by Gasteiger charge is 1.98. The van der Waals surface area contributed by atoms with Gasteiger partial charge in [0.05, 0.1) is 6.21 Å². The lowest BCUT2D eigenvalue weighted by atomic mass is 10.2. The van der Waals surface area contributed by atoms with Gasteiger partial charge in [0.2, 0.25) is 0 Å². The van der Waals surface area contributed by atoms with Crippen LogP contribution in [0.5, 0.6) is 0 Å². The summed E-state index contributed by atoms with van der Waals surface area (Å²) >= 11 is 0. The van der Waals surface area contributed by atoms with Crippen LogP contribution in [0.3, 0.4) is 0 Å². The fourth-order valence-electron chi connectivity index (χ4n) is 1.83. The van der Waals surface area contributed by atoms with Crippen molar-refractivity contribution in [3.05, 3.63) is 66.0 Å². The van der Waals surface area contributed by atoms with Gasteiger partial charge >= 0.3 is 0 Å². The van der Waals surface area contributed by atoms with Crippen molar-refractivity contribution in [1.29, 1.82) is 0 Å². The van der Waals surface area contributed by atoms with E-state index in [-0.39, 0.29) is 0 Å². The molecule has 0 aliphatic heterocycles. The van der Waals surface area contributed by atoms with E-state index in [0.29, 0.717) is 0 Å². The molecule has 0 atom stereocenters. The van der Waals surface area contributed by atoms with Gasteiger partial charge in [-0.25, -0.2) is 9.66 Å². The van der Waals surface area contributed by atoms with E-state index in [4.69, 9.17) is 0 Å². The van der Waals surface area contributed by atoms with E-state index >= 15 is 0 Å². The first-order valence-corrected chi connectivity index (χ1v) is 5.86.